The molecule has 0 atom stereocenters. The topological polar surface area (TPSA) is 25.2 Å². The summed E-state index contributed by atoms with van der Waals surface area (Å²) in [5, 5.41) is 1.12. The molecule has 1 saturated heterocycles. The Morgan fingerprint density at radius 2 is 1.82 bits per heavy atom. The molecule has 1 fully saturated rings. The van der Waals surface area contributed by atoms with E-state index in [1.807, 2.05) is 42.7 Å². The van der Waals surface area contributed by atoms with Crippen LogP contribution in [0.5, 0.6) is 0 Å². The number of hydrogen-bond acceptors (Lipinski definition) is 4. The van der Waals surface area contributed by atoms with Gasteiger partial charge in [0.25, 0.3) is 5.91 Å². The van der Waals surface area contributed by atoms with E-state index in [2.05, 4.69) is 60.2 Å². The van der Waals surface area contributed by atoms with Crippen LogP contribution >= 0.6 is 35.7 Å². The summed E-state index contributed by atoms with van der Waals surface area (Å²) in [5.41, 5.74) is 5.48. The third-order valence-corrected chi connectivity index (χ3v) is 7.71. The Hall–Kier alpha value is -2.80. The number of fused-ring (bicyclic) bond motifs is 1. The smallest absolute Gasteiger partial charge is 0.270 e. The van der Waals surface area contributed by atoms with E-state index in [0.717, 1.165) is 33.6 Å². The van der Waals surface area contributed by atoms with Crippen molar-refractivity contribution < 1.29 is 4.79 Å². The van der Waals surface area contributed by atoms with Gasteiger partial charge < -0.3 is 4.57 Å². The molecule has 0 N–H and O–H groups in total. The van der Waals surface area contributed by atoms with Crippen molar-refractivity contribution in [3.63, 3.8) is 0 Å². The highest BCUT2D eigenvalue weighted by molar-refractivity contribution is 8.27. The maximum atomic E-state index is 13.3. The Kier molecular flexibility index (Phi) is 6.15. The van der Waals surface area contributed by atoms with Crippen LogP contribution in [0.3, 0.4) is 0 Å². The maximum absolute atomic E-state index is 13.3. The molecular formula is C27H22N2OS3. The number of amides is 1. The number of nitrogens with zero attached hydrogens (tertiary/aromatic N) is 2. The quantitative estimate of drug-likeness (QED) is 0.170. The standard InChI is InChI=1S/C27H22N2OS3/c1-18-10-12-19(13-11-18)16-28-17-20(23-8-3-4-9-24(23)28)14-25-26(30)29(27(31)33-25)21-6-5-7-22(15-21)32-2/h3-15,17H,16H2,1-2H3/b25-14-. The lowest BCUT2D eigenvalue weighted by atomic mass is 10.1. The number of thioether (sulfide) groups is 2. The van der Waals surface area contributed by atoms with Crippen LogP contribution in [-0.4, -0.2) is 21.1 Å². The van der Waals surface area contributed by atoms with Crippen LogP contribution in [0, 0.1) is 6.92 Å². The van der Waals surface area contributed by atoms with Crippen LogP contribution in [0.15, 0.2) is 88.8 Å². The molecule has 0 aliphatic carbocycles. The fourth-order valence-electron chi connectivity index (χ4n) is 3.99. The number of carbonyl (C=O) groups is 1. The second kappa shape index (κ2) is 9.21. The summed E-state index contributed by atoms with van der Waals surface area (Å²) in [6.07, 6.45) is 6.13. The first kappa shape index (κ1) is 22.0. The fraction of sp³-hybridized carbons (Fsp3) is 0.111. The zero-order valence-electron chi connectivity index (χ0n) is 18.3. The lowest BCUT2D eigenvalue weighted by Gasteiger charge is -2.15. The van der Waals surface area contributed by atoms with E-state index in [9.17, 15) is 4.79 Å². The summed E-state index contributed by atoms with van der Waals surface area (Å²) in [6.45, 7) is 2.87. The minimum absolute atomic E-state index is 0.0707. The van der Waals surface area contributed by atoms with E-state index in [4.69, 9.17) is 12.2 Å². The van der Waals surface area contributed by atoms with Gasteiger partial charge in [0.2, 0.25) is 0 Å². The average molecular weight is 487 g/mol. The molecular weight excluding hydrogens is 465 g/mol. The zero-order chi connectivity index (χ0) is 22.9. The summed E-state index contributed by atoms with van der Waals surface area (Å²) in [7, 11) is 0. The minimum Gasteiger partial charge on any atom is -0.342 e. The van der Waals surface area contributed by atoms with Crippen LogP contribution in [0.25, 0.3) is 17.0 Å². The van der Waals surface area contributed by atoms with Gasteiger partial charge in [0, 0.05) is 34.1 Å². The first-order chi connectivity index (χ1) is 16.0. The maximum Gasteiger partial charge on any atom is 0.270 e. The predicted octanol–water partition coefficient (Wildman–Crippen LogP) is 7.13. The molecule has 6 heteroatoms. The summed E-state index contributed by atoms with van der Waals surface area (Å²) < 4.78 is 2.81. The van der Waals surface area contributed by atoms with Crippen LogP contribution in [-0.2, 0) is 11.3 Å². The van der Waals surface area contributed by atoms with Gasteiger partial charge in [-0.05, 0) is 49.1 Å². The highest BCUT2D eigenvalue weighted by atomic mass is 32.2. The normalized spacial score (nSPS) is 15.2. The van der Waals surface area contributed by atoms with Gasteiger partial charge >= 0.3 is 0 Å². The lowest BCUT2D eigenvalue weighted by molar-refractivity contribution is -0.113. The molecule has 0 saturated carbocycles. The van der Waals surface area contributed by atoms with Crippen molar-refractivity contribution in [2.45, 2.75) is 18.4 Å². The van der Waals surface area contributed by atoms with Gasteiger partial charge in [-0.25, -0.2) is 0 Å². The second-order valence-electron chi connectivity index (χ2n) is 7.93. The number of benzene rings is 3. The van der Waals surface area contributed by atoms with Crippen molar-refractivity contribution in [3.8, 4) is 0 Å². The Bertz CT molecular complexity index is 1400. The number of para-hydroxylation sites is 1. The van der Waals surface area contributed by atoms with Crippen molar-refractivity contribution in [2.24, 2.45) is 0 Å². The van der Waals surface area contributed by atoms with E-state index >= 15 is 0 Å². The summed E-state index contributed by atoms with van der Waals surface area (Å²) in [5.74, 6) is -0.0707. The number of carbonyl (C=O) groups excluding carboxylic acids is 1. The first-order valence-electron chi connectivity index (χ1n) is 10.6. The van der Waals surface area contributed by atoms with Gasteiger partial charge in [-0.2, -0.15) is 0 Å². The Morgan fingerprint density at radius 3 is 2.61 bits per heavy atom. The van der Waals surface area contributed by atoms with E-state index in [1.54, 1.807) is 16.7 Å². The number of rotatable bonds is 5. The molecule has 0 spiro atoms. The third kappa shape index (κ3) is 4.38. The molecule has 0 unspecified atom stereocenters. The number of aromatic nitrogens is 1. The SMILES string of the molecule is CSc1cccc(N2C(=O)/C(=C/c3cn(Cc4ccc(C)cc4)c4ccccc34)SC2=S)c1. The number of thiocarbonyl (C=S) groups is 1. The lowest BCUT2D eigenvalue weighted by Crippen LogP contribution is -2.27. The van der Waals surface area contributed by atoms with Crippen molar-refractivity contribution in [1.82, 2.24) is 4.57 Å². The van der Waals surface area contributed by atoms with Gasteiger partial charge in [0.15, 0.2) is 4.32 Å². The van der Waals surface area contributed by atoms with Crippen molar-refractivity contribution in [1.29, 1.82) is 0 Å². The van der Waals surface area contributed by atoms with E-state index < -0.39 is 0 Å². The number of hydrogen-bond donors (Lipinski definition) is 0. The van der Waals surface area contributed by atoms with Crippen LogP contribution in [0.4, 0.5) is 5.69 Å². The largest absolute Gasteiger partial charge is 0.342 e. The molecule has 1 aromatic heterocycles. The van der Waals surface area contributed by atoms with Crippen LogP contribution in [0.2, 0.25) is 0 Å². The van der Waals surface area contributed by atoms with E-state index in [-0.39, 0.29) is 5.91 Å². The minimum atomic E-state index is -0.0707. The number of aryl methyl sites for hydroxylation is 1. The molecule has 0 radical (unpaired) electrons. The summed E-state index contributed by atoms with van der Waals surface area (Å²) >= 11 is 8.59. The summed E-state index contributed by atoms with van der Waals surface area (Å²) in [4.78, 5) is 16.7. The summed E-state index contributed by atoms with van der Waals surface area (Å²) in [6, 6.07) is 24.9. The second-order valence-corrected chi connectivity index (χ2v) is 10.5. The predicted molar refractivity (Wildman–Crippen MR) is 146 cm³/mol. The molecule has 3 aromatic carbocycles. The van der Waals surface area contributed by atoms with Crippen molar-refractivity contribution in [3.05, 3.63) is 101 Å². The zero-order valence-corrected chi connectivity index (χ0v) is 20.8. The van der Waals surface area contributed by atoms with Gasteiger partial charge in [-0.1, -0.05) is 78.1 Å². The molecule has 1 aliphatic heterocycles. The van der Waals surface area contributed by atoms with E-state index in [0.29, 0.717) is 9.23 Å². The van der Waals surface area contributed by atoms with Gasteiger partial charge in [-0.3, -0.25) is 9.69 Å². The Morgan fingerprint density at radius 1 is 1.03 bits per heavy atom. The number of anilines is 1. The first-order valence-corrected chi connectivity index (χ1v) is 13.0. The van der Waals surface area contributed by atoms with Crippen molar-refractivity contribution >= 4 is 68.6 Å². The molecule has 164 valence electrons. The van der Waals surface area contributed by atoms with E-state index in [1.165, 1.54) is 22.9 Å². The highest BCUT2D eigenvalue weighted by Gasteiger charge is 2.33. The third-order valence-electron chi connectivity index (χ3n) is 5.68. The van der Waals surface area contributed by atoms with Crippen molar-refractivity contribution in [2.75, 3.05) is 11.2 Å². The Labute approximate surface area is 207 Å². The molecule has 5 rings (SSSR count). The molecule has 1 aliphatic rings. The molecule has 2 heterocycles. The van der Waals surface area contributed by atoms with Gasteiger partial charge in [-0.15, -0.1) is 11.8 Å². The fourth-order valence-corrected chi connectivity index (χ4v) is 5.74. The van der Waals surface area contributed by atoms with Gasteiger partial charge in [0.1, 0.15) is 0 Å². The molecule has 1 amide bonds. The monoisotopic (exact) mass is 486 g/mol. The highest BCUT2D eigenvalue weighted by Crippen LogP contribution is 2.38. The molecule has 33 heavy (non-hydrogen) atoms. The van der Waals surface area contributed by atoms with Crippen LogP contribution < -0.4 is 4.90 Å². The molecule has 3 nitrogen and oxygen atoms in total. The molecule has 0 bridgehead atoms. The van der Waals surface area contributed by atoms with Gasteiger partial charge in [0.05, 0.1) is 10.6 Å². The average Bonchev–Trinajstić information content (AvgIpc) is 3.31. The van der Waals surface area contributed by atoms with Crippen LogP contribution in [0.1, 0.15) is 16.7 Å². The molecule has 4 aromatic rings. The Balaban J connectivity index is 1.50.